The topological polar surface area (TPSA) is 61.9 Å². The van der Waals surface area contributed by atoms with E-state index >= 15 is 0 Å². The number of nitrogens with one attached hydrogen (secondary N) is 1. The minimum atomic E-state index is -0.314. The van der Waals surface area contributed by atoms with Crippen molar-refractivity contribution in [2.24, 2.45) is 0 Å². The van der Waals surface area contributed by atoms with Gasteiger partial charge < -0.3 is 15.0 Å². The fourth-order valence-corrected chi connectivity index (χ4v) is 4.00. The summed E-state index contributed by atoms with van der Waals surface area (Å²) >= 11 is 0. The zero-order chi connectivity index (χ0) is 13.6. The van der Waals surface area contributed by atoms with Crippen LogP contribution < -0.4 is 5.32 Å². The van der Waals surface area contributed by atoms with E-state index in [1.807, 2.05) is 11.8 Å². The molecule has 1 N–H and O–H groups in total. The van der Waals surface area contributed by atoms with Crippen molar-refractivity contribution in [3.8, 4) is 0 Å². The molecular weight excluding hydrogens is 246 g/mol. The molecule has 3 atom stereocenters. The van der Waals surface area contributed by atoms with Gasteiger partial charge in [0, 0.05) is 26.1 Å². The third-order valence-electron chi connectivity index (χ3n) is 4.81. The number of rotatable bonds is 2. The summed E-state index contributed by atoms with van der Waals surface area (Å²) in [6.45, 7) is 4.31. The van der Waals surface area contributed by atoms with E-state index in [1.165, 1.54) is 7.11 Å². The third-order valence-corrected chi connectivity index (χ3v) is 4.81. The minimum Gasteiger partial charge on any atom is -0.468 e. The summed E-state index contributed by atoms with van der Waals surface area (Å²) in [5, 5.41) is 3.23. The van der Waals surface area contributed by atoms with Crippen LogP contribution in [0, 0.1) is 0 Å². The standard InChI is InChI=1S/C13H21N3O3/c1-3-15-11(17)10-5-4-6-16(10)13(15)7-9(14-8-13)12(18)19-2/h9-10,14H,3-8H2,1-2H3/t9-,10-,13?/m0/s1. The molecule has 3 fully saturated rings. The Morgan fingerprint density at radius 3 is 3.05 bits per heavy atom. The molecular formula is C13H21N3O3. The van der Waals surface area contributed by atoms with Gasteiger partial charge in [0.05, 0.1) is 13.2 Å². The van der Waals surface area contributed by atoms with Gasteiger partial charge in [-0.2, -0.15) is 0 Å². The van der Waals surface area contributed by atoms with Gasteiger partial charge in [-0.1, -0.05) is 0 Å². The Kier molecular flexibility index (Phi) is 3.02. The van der Waals surface area contributed by atoms with Crippen molar-refractivity contribution in [2.45, 2.75) is 43.9 Å². The summed E-state index contributed by atoms with van der Waals surface area (Å²) < 4.78 is 4.82. The molecule has 3 heterocycles. The van der Waals surface area contributed by atoms with Gasteiger partial charge in [-0.05, 0) is 19.8 Å². The van der Waals surface area contributed by atoms with Crippen molar-refractivity contribution >= 4 is 11.9 Å². The number of carbonyl (C=O) groups excluding carboxylic acids is 2. The molecule has 19 heavy (non-hydrogen) atoms. The Morgan fingerprint density at radius 1 is 1.58 bits per heavy atom. The van der Waals surface area contributed by atoms with Gasteiger partial charge in [0.1, 0.15) is 11.7 Å². The molecule has 1 unspecified atom stereocenters. The first-order valence-corrected chi connectivity index (χ1v) is 7.03. The molecule has 3 rings (SSSR count). The lowest BCUT2D eigenvalue weighted by Gasteiger charge is -2.39. The van der Waals surface area contributed by atoms with E-state index in [2.05, 4.69) is 10.2 Å². The summed E-state index contributed by atoms with van der Waals surface area (Å²) in [6.07, 6.45) is 2.65. The van der Waals surface area contributed by atoms with Gasteiger partial charge in [-0.3, -0.25) is 14.5 Å². The van der Waals surface area contributed by atoms with Crippen molar-refractivity contribution in [1.82, 2.24) is 15.1 Å². The molecule has 0 aliphatic carbocycles. The lowest BCUT2D eigenvalue weighted by atomic mass is 10.0. The van der Waals surface area contributed by atoms with Gasteiger partial charge in [-0.15, -0.1) is 0 Å². The Hall–Kier alpha value is -1.14. The van der Waals surface area contributed by atoms with Crippen LogP contribution >= 0.6 is 0 Å². The maximum absolute atomic E-state index is 12.5. The molecule has 1 spiro atoms. The fourth-order valence-electron chi connectivity index (χ4n) is 4.00. The quantitative estimate of drug-likeness (QED) is 0.686. The zero-order valence-corrected chi connectivity index (χ0v) is 11.5. The second-order valence-electron chi connectivity index (χ2n) is 5.58. The number of methoxy groups -OCH3 is 1. The van der Waals surface area contributed by atoms with Gasteiger partial charge in [0.25, 0.3) is 0 Å². The van der Waals surface area contributed by atoms with E-state index in [4.69, 9.17) is 4.74 Å². The highest BCUT2D eigenvalue weighted by Crippen LogP contribution is 2.42. The second kappa shape index (κ2) is 4.45. The molecule has 0 aromatic heterocycles. The predicted molar refractivity (Wildman–Crippen MR) is 68.3 cm³/mol. The van der Waals surface area contributed by atoms with E-state index in [1.54, 1.807) is 0 Å². The van der Waals surface area contributed by atoms with Crippen molar-refractivity contribution in [1.29, 1.82) is 0 Å². The summed E-state index contributed by atoms with van der Waals surface area (Å²) in [5.74, 6) is -0.00432. The zero-order valence-electron chi connectivity index (χ0n) is 11.5. The Balaban J connectivity index is 1.89. The number of hydrogen-bond acceptors (Lipinski definition) is 5. The highest BCUT2D eigenvalue weighted by Gasteiger charge is 2.60. The number of esters is 1. The number of hydrogen-bond donors (Lipinski definition) is 1. The van der Waals surface area contributed by atoms with Crippen LogP contribution in [0.4, 0.5) is 0 Å². The smallest absolute Gasteiger partial charge is 0.323 e. The maximum atomic E-state index is 12.5. The normalized spacial score (nSPS) is 38.2. The molecule has 0 aromatic rings. The van der Waals surface area contributed by atoms with Crippen LogP contribution in [0.3, 0.4) is 0 Å². The molecule has 3 saturated heterocycles. The molecule has 1 amide bonds. The first kappa shape index (κ1) is 12.9. The molecule has 0 aromatic carbocycles. The average molecular weight is 267 g/mol. The summed E-state index contributed by atoms with van der Waals surface area (Å²) in [4.78, 5) is 28.4. The van der Waals surface area contributed by atoms with E-state index in [0.717, 1.165) is 19.4 Å². The van der Waals surface area contributed by atoms with E-state index < -0.39 is 0 Å². The Morgan fingerprint density at radius 2 is 2.37 bits per heavy atom. The van der Waals surface area contributed by atoms with Crippen LogP contribution in [0.1, 0.15) is 26.2 Å². The first-order valence-electron chi connectivity index (χ1n) is 7.03. The number of nitrogens with zero attached hydrogens (tertiary/aromatic N) is 2. The van der Waals surface area contributed by atoms with Crippen molar-refractivity contribution in [2.75, 3.05) is 26.7 Å². The lowest BCUT2D eigenvalue weighted by Crippen LogP contribution is -2.55. The molecule has 0 bridgehead atoms. The summed E-state index contributed by atoms with van der Waals surface area (Å²) in [6, 6.07) is -0.274. The minimum absolute atomic E-state index is 0.0261. The highest BCUT2D eigenvalue weighted by atomic mass is 16.5. The van der Waals surface area contributed by atoms with Crippen LogP contribution in [0.15, 0.2) is 0 Å². The molecule has 0 saturated carbocycles. The Bertz CT molecular complexity index is 414. The van der Waals surface area contributed by atoms with Gasteiger partial charge in [-0.25, -0.2) is 0 Å². The highest BCUT2D eigenvalue weighted by molar-refractivity contribution is 5.86. The number of fused-ring (bicyclic) bond motifs is 2. The molecule has 3 aliphatic heterocycles. The monoisotopic (exact) mass is 267 g/mol. The number of amides is 1. The third kappa shape index (κ3) is 1.63. The number of ether oxygens (including phenoxy) is 1. The van der Waals surface area contributed by atoms with Crippen molar-refractivity contribution in [3.63, 3.8) is 0 Å². The first-order chi connectivity index (χ1) is 9.14. The molecule has 6 heteroatoms. The fraction of sp³-hybridized carbons (Fsp3) is 0.846. The average Bonchev–Trinajstić information content (AvgIpc) is 3.09. The van der Waals surface area contributed by atoms with Crippen LogP contribution in [-0.2, 0) is 14.3 Å². The summed E-state index contributed by atoms with van der Waals surface area (Å²) in [7, 11) is 1.41. The second-order valence-corrected chi connectivity index (χ2v) is 5.58. The van der Waals surface area contributed by atoms with E-state index in [9.17, 15) is 9.59 Å². The van der Waals surface area contributed by atoms with Gasteiger partial charge in [0.15, 0.2) is 0 Å². The van der Waals surface area contributed by atoms with Gasteiger partial charge >= 0.3 is 5.97 Å². The largest absolute Gasteiger partial charge is 0.468 e. The SMILES string of the molecule is CCN1C(=O)[C@@H]2CCCN2C12CN[C@H](C(=O)OC)C2. The molecule has 3 aliphatic rings. The van der Waals surface area contributed by atoms with Crippen LogP contribution in [0.5, 0.6) is 0 Å². The van der Waals surface area contributed by atoms with Crippen molar-refractivity contribution in [3.05, 3.63) is 0 Å². The Labute approximate surface area is 113 Å². The molecule has 106 valence electrons. The maximum Gasteiger partial charge on any atom is 0.323 e. The molecule has 6 nitrogen and oxygen atoms in total. The van der Waals surface area contributed by atoms with Crippen LogP contribution in [0.2, 0.25) is 0 Å². The van der Waals surface area contributed by atoms with Crippen LogP contribution in [-0.4, -0.2) is 66.2 Å². The van der Waals surface area contributed by atoms with Crippen molar-refractivity contribution < 1.29 is 14.3 Å². The van der Waals surface area contributed by atoms with E-state index in [0.29, 0.717) is 19.5 Å². The van der Waals surface area contributed by atoms with Gasteiger partial charge in [0.2, 0.25) is 5.91 Å². The number of carbonyl (C=O) groups is 2. The molecule has 0 radical (unpaired) electrons. The summed E-state index contributed by atoms with van der Waals surface area (Å²) in [5.41, 5.74) is -0.314. The lowest BCUT2D eigenvalue weighted by molar-refractivity contribution is -0.143. The van der Waals surface area contributed by atoms with Crippen LogP contribution in [0.25, 0.3) is 0 Å². The predicted octanol–water partition coefficient (Wildman–Crippen LogP) is -0.456. The number of likely N-dealkylation sites (N-methyl/N-ethyl adjacent to an activating group) is 1. The van der Waals surface area contributed by atoms with E-state index in [-0.39, 0.29) is 29.6 Å².